The Labute approximate surface area is 239 Å². The maximum Gasteiger partial charge on any atom is 0.408 e. The van der Waals surface area contributed by atoms with Crippen molar-refractivity contribution in [3.63, 3.8) is 0 Å². The van der Waals surface area contributed by atoms with Gasteiger partial charge in [-0.3, -0.25) is 4.79 Å². The Kier molecular flexibility index (Phi) is 7.42. The molecule has 210 valence electrons. The average molecular weight is 564 g/mol. The standard InChI is InChI=1S/C32H34ClNO6/c1-30(2,3)40-29(36)34-32(18-37-31(4,5)38-19-32)14-13-20-9-11-25-26(15-20)24-12-10-23(17-27(24)28(25)35)39-22-8-6-7-21(33)16-22/h6-12,15-17H,13-14,18-19H2,1-5H3,(H,34,36). The van der Waals surface area contributed by atoms with E-state index in [4.69, 9.17) is 30.5 Å². The van der Waals surface area contributed by atoms with E-state index in [0.29, 0.717) is 53.7 Å². The summed E-state index contributed by atoms with van der Waals surface area (Å²) in [6, 6.07) is 18.6. The molecule has 40 heavy (non-hydrogen) atoms. The van der Waals surface area contributed by atoms with E-state index >= 15 is 0 Å². The quantitative estimate of drug-likeness (QED) is 0.264. The van der Waals surface area contributed by atoms with Gasteiger partial charge in [0.25, 0.3) is 0 Å². The minimum atomic E-state index is -0.753. The third-order valence-corrected chi connectivity index (χ3v) is 7.17. The van der Waals surface area contributed by atoms with Crippen LogP contribution in [0.15, 0.2) is 60.7 Å². The van der Waals surface area contributed by atoms with Crippen LogP contribution in [-0.2, 0) is 20.6 Å². The van der Waals surface area contributed by atoms with E-state index in [2.05, 4.69) is 5.32 Å². The number of ether oxygens (including phenoxy) is 4. The van der Waals surface area contributed by atoms with E-state index in [-0.39, 0.29) is 5.78 Å². The second-order valence-electron chi connectivity index (χ2n) is 11.9. The molecular weight excluding hydrogens is 530 g/mol. The van der Waals surface area contributed by atoms with Crippen LogP contribution < -0.4 is 10.1 Å². The highest BCUT2D eigenvalue weighted by atomic mass is 35.5. The molecule has 1 N–H and O–H groups in total. The van der Waals surface area contributed by atoms with Gasteiger partial charge in [-0.1, -0.05) is 35.9 Å². The lowest BCUT2D eigenvalue weighted by Crippen LogP contribution is -2.61. The minimum Gasteiger partial charge on any atom is -0.457 e. The van der Waals surface area contributed by atoms with E-state index in [9.17, 15) is 9.59 Å². The number of alkyl carbamates (subject to hydrolysis) is 1. The van der Waals surface area contributed by atoms with Crippen LogP contribution in [0, 0.1) is 0 Å². The van der Waals surface area contributed by atoms with Gasteiger partial charge in [-0.15, -0.1) is 0 Å². The Morgan fingerprint density at radius 2 is 1.62 bits per heavy atom. The molecular formula is C32H34ClNO6. The summed E-state index contributed by atoms with van der Waals surface area (Å²) in [5, 5.41) is 3.59. The van der Waals surface area contributed by atoms with Crippen molar-refractivity contribution in [1.82, 2.24) is 5.32 Å². The molecule has 0 aromatic heterocycles. The number of carbonyl (C=O) groups excluding carboxylic acids is 2. The lowest BCUT2D eigenvalue weighted by atomic mass is 9.90. The molecule has 3 aromatic rings. The number of hydrogen-bond acceptors (Lipinski definition) is 6. The summed E-state index contributed by atoms with van der Waals surface area (Å²) in [6.07, 6.45) is 0.688. The maximum atomic E-state index is 13.2. The van der Waals surface area contributed by atoms with Crippen molar-refractivity contribution in [2.24, 2.45) is 0 Å². The number of fused-ring (bicyclic) bond motifs is 3. The van der Waals surface area contributed by atoms with Gasteiger partial charge in [0.1, 0.15) is 17.1 Å². The highest BCUT2D eigenvalue weighted by molar-refractivity contribution is 6.30. The van der Waals surface area contributed by atoms with Crippen LogP contribution in [0.2, 0.25) is 5.02 Å². The Bertz CT molecular complexity index is 1450. The number of halogens is 1. The number of rotatable bonds is 6. The van der Waals surface area contributed by atoms with Gasteiger partial charge in [0.05, 0.1) is 18.8 Å². The first kappa shape index (κ1) is 28.1. The van der Waals surface area contributed by atoms with Gasteiger partial charge in [0.15, 0.2) is 11.6 Å². The summed E-state index contributed by atoms with van der Waals surface area (Å²) >= 11 is 6.08. The lowest BCUT2D eigenvalue weighted by molar-refractivity contribution is -0.271. The summed E-state index contributed by atoms with van der Waals surface area (Å²) in [5.74, 6) is 0.405. The monoisotopic (exact) mass is 563 g/mol. The van der Waals surface area contributed by atoms with Crippen molar-refractivity contribution < 1.29 is 28.5 Å². The van der Waals surface area contributed by atoms with Gasteiger partial charge >= 0.3 is 6.09 Å². The molecule has 0 saturated carbocycles. The van der Waals surface area contributed by atoms with E-state index in [1.807, 2.05) is 77.1 Å². The molecule has 8 heteroatoms. The van der Waals surface area contributed by atoms with Crippen molar-refractivity contribution >= 4 is 23.5 Å². The number of nitrogens with one attached hydrogen (secondary N) is 1. The molecule has 0 bridgehead atoms. The van der Waals surface area contributed by atoms with Gasteiger partial charge in [-0.05, 0) is 101 Å². The number of hydrogen-bond donors (Lipinski definition) is 1. The summed E-state index contributed by atoms with van der Waals surface area (Å²) in [4.78, 5) is 25.9. The first-order valence-electron chi connectivity index (χ1n) is 13.4. The predicted molar refractivity (Wildman–Crippen MR) is 153 cm³/mol. The smallest absolute Gasteiger partial charge is 0.408 e. The Morgan fingerprint density at radius 3 is 2.33 bits per heavy atom. The third kappa shape index (κ3) is 6.33. The second kappa shape index (κ2) is 10.5. The Hall–Kier alpha value is -3.39. The molecule has 1 aliphatic heterocycles. The summed E-state index contributed by atoms with van der Waals surface area (Å²) in [6.45, 7) is 9.77. The first-order chi connectivity index (χ1) is 18.8. The zero-order chi connectivity index (χ0) is 28.7. The van der Waals surface area contributed by atoms with Crippen LogP contribution in [0.1, 0.15) is 62.5 Å². The third-order valence-electron chi connectivity index (χ3n) is 6.94. The molecule has 1 saturated heterocycles. The fourth-order valence-corrected chi connectivity index (χ4v) is 5.06. The van der Waals surface area contributed by atoms with Crippen LogP contribution in [0.3, 0.4) is 0 Å². The average Bonchev–Trinajstić information content (AvgIpc) is 3.14. The van der Waals surface area contributed by atoms with Gasteiger partial charge in [-0.2, -0.15) is 0 Å². The largest absolute Gasteiger partial charge is 0.457 e. The van der Waals surface area contributed by atoms with Gasteiger partial charge < -0.3 is 24.3 Å². The van der Waals surface area contributed by atoms with E-state index < -0.39 is 23.0 Å². The molecule has 1 aliphatic carbocycles. The van der Waals surface area contributed by atoms with Gasteiger partial charge in [0, 0.05) is 16.1 Å². The Morgan fingerprint density at radius 1 is 0.925 bits per heavy atom. The number of benzene rings is 3. The molecule has 1 heterocycles. The van der Waals surface area contributed by atoms with Crippen molar-refractivity contribution in [2.45, 2.75) is 64.4 Å². The van der Waals surface area contributed by atoms with Crippen molar-refractivity contribution in [2.75, 3.05) is 13.2 Å². The predicted octanol–water partition coefficient (Wildman–Crippen LogP) is 7.32. The van der Waals surface area contributed by atoms with E-state index in [1.165, 1.54) is 0 Å². The highest BCUT2D eigenvalue weighted by Crippen LogP contribution is 2.40. The molecule has 0 radical (unpaired) electrons. The molecule has 0 spiro atoms. The number of amides is 1. The normalized spacial score (nSPS) is 17.1. The molecule has 3 aromatic carbocycles. The van der Waals surface area contributed by atoms with Gasteiger partial charge in [-0.25, -0.2) is 4.79 Å². The summed E-state index contributed by atoms with van der Waals surface area (Å²) in [5.41, 5.74) is 2.68. The van der Waals surface area contributed by atoms with Crippen molar-refractivity contribution in [3.8, 4) is 22.6 Å². The second-order valence-corrected chi connectivity index (χ2v) is 12.3. The van der Waals surface area contributed by atoms with E-state index in [1.54, 1.807) is 18.2 Å². The number of ketones is 1. The van der Waals surface area contributed by atoms with Crippen LogP contribution in [0.5, 0.6) is 11.5 Å². The fourth-order valence-electron chi connectivity index (χ4n) is 4.88. The minimum absolute atomic E-state index is 0.0348. The fraction of sp³-hybridized carbons (Fsp3) is 0.375. The molecule has 7 nitrogen and oxygen atoms in total. The molecule has 5 rings (SSSR count). The van der Waals surface area contributed by atoms with Crippen LogP contribution in [0.25, 0.3) is 11.1 Å². The SMILES string of the molecule is CC(C)(C)OC(=O)NC1(CCc2ccc3c(c2)-c2ccc(Oc4cccc(Cl)c4)cc2C3=O)COC(C)(C)OC1. The molecule has 2 aliphatic rings. The Balaban J connectivity index is 1.34. The number of carbonyl (C=O) groups is 2. The maximum absolute atomic E-state index is 13.2. The van der Waals surface area contributed by atoms with Crippen LogP contribution in [0.4, 0.5) is 4.79 Å². The lowest BCUT2D eigenvalue weighted by Gasteiger charge is -2.44. The zero-order valence-electron chi connectivity index (χ0n) is 23.4. The van der Waals surface area contributed by atoms with Crippen LogP contribution >= 0.6 is 11.6 Å². The van der Waals surface area contributed by atoms with Crippen molar-refractivity contribution in [3.05, 3.63) is 82.4 Å². The topological polar surface area (TPSA) is 83.1 Å². The van der Waals surface area contributed by atoms with Crippen LogP contribution in [-0.4, -0.2) is 42.0 Å². The molecule has 0 unspecified atom stereocenters. The summed E-state index contributed by atoms with van der Waals surface area (Å²) in [7, 11) is 0. The first-order valence-corrected chi connectivity index (χ1v) is 13.7. The summed E-state index contributed by atoms with van der Waals surface area (Å²) < 4.78 is 23.3. The van der Waals surface area contributed by atoms with Gasteiger partial charge in [0.2, 0.25) is 0 Å². The van der Waals surface area contributed by atoms with Crippen molar-refractivity contribution in [1.29, 1.82) is 0 Å². The highest BCUT2D eigenvalue weighted by Gasteiger charge is 2.42. The molecule has 1 amide bonds. The molecule has 0 atom stereocenters. The van der Waals surface area contributed by atoms with E-state index in [0.717, 1.165) is 16.7 Å². The zero-order valence-corrected chi connectivity index (χ0v) is 24.2. The number of aryl methyl sites for hydroxylation is 1. The molecule has 1 fully saturated rings.